The number of hydrogen-bond acceptors (Lipinski definition) is 4. The molecule has 1 amide bonds. The van der Waals surface area contributed by atoms with Crippen LogP contribution in [0.3, 0.4) is 0 Å². The first kappa shape index (κ1) is 18.1. The summed E-state index contributed by atoms with van der Waals surface area (Å²) in [7, 11) is 3.37. The number of nitrogens with zero attached hydrogens (tertiary/aromatic N) is 2. The monoisotopic (exact) mass is 346 g/mol. The Labute approximate surface area is 150 Å². The van der Waals surface area contributed by atoms with Crippen LogP contribution in [0, 0.1) is 5.92 Å². The Morgan fingerprint density at radius 3 is 2.44 bits per heavy atom. The van der Waals surface area contributed by atoms with Crippen LogP contribution >= 0.6 is 0 Å². The van der Waals surface area contributed by atoms with Crippen molar-refractivity contribution in [1.29, 1.82) is 0 Å². The lowest BCUT2D eigenvalue weighted by atomic mass is 9.92. The van der Waals surface area contributed by atoms with Crippen LogP contribution in [0.15, 0.2) is 18.2 Å². The Morgan fingerprint density at radius 1 is 1.08 bits per heavy atom. The molecule has 5 heteroatoms. The van der Waals surface area contributed by atoms with E-state index in [4.69, 9.17) is 9.47 Å². The normalized spacial score (nSPS) is 19.2. The zero-order valence-electron chi connectivity index (χ0n) is 15.5. The highest BCUT2D eigenvalue weighted by Gasteiger charge is 2.25. The van der Waals surface area contributed by atoms with E-state index >= 15 is 0 Å². The summed E-state index contributed by atoms with van der Waals surface area (Å²) in [4.78, 5) is 16.8. The molecule has 0 aromatic heterocycles. The first-order valence-corrected chi connectivity index (χ1v) is 9.40. The van der Waals surface area contributed by atoms with Gasteiger partial charge >= 0.3 is 0 Å². The lowest BCUT2D eigenvalue weighted by molar-refractivity contribution is -0.131. The second-order valence-corrected chi connectivity index (χ2v) is 7.19. The molecule has 0 N–H and O–H groups in total. The second-order valence-electron chi connectivity index (χ2n) is 7.19. The number of amides is 1. The minimum atomic E-state index is 0.368. The Bertz CT molecular complexity index is 576. The van der Waals surface area contributed by atoms with Crippen LogP contribution in [0.5, 0.6) is 11.5 Å². The number of methoxy groups -OCH3 is 2. The van der Waals surface area contributed by atoms with Crippen LogP contribution in [-0.2, 0) is 11.3 Å². The van der Waals surface area contributed by atoms with E-state index in [-0.39, 0.29) is 0 Å². The quantitative estimate of drug-likeness (QED) is 0.794. The molecule has 0 spiro atoms. The van der Waals surface area contributed by atoms with Gasteiger partial charge in [0.1, 0.15) is 11.5 Å². The molecule has 25 heavy (non-hydrogen) atoms. The molecule has 0 radical (unpaired) electrons. The van der Waals surface area contributed by atoms with E-state index in [1.54, 1.807) is 14.2 Å². The van der Waals surface area contributed by atoms with Crippen LogP contribution in [0.2, 0.25) is 0 Å². The summed E-state index contributed by atoms with van der Waals surface area (Å²) in [6.07, 6.45) is 5.30. The molecule has 1 aromatic rings. The molecular weight excluding hydrogens is 316 g/mol. The molecule has 0 bridgehead atoms. The van der Waals surface area contributed by atoms with Crippen molar-refractivity contribution in [3.05, 3.63) is 23.8 Å². The number of carbonyl (C=O) groups is 1. The lowest BCUT2D eigenvalue weighted by Crippen LogP contribution is -2.36. The predicted molar refractivity (Wildman–Crippen MR) is 98.0 cm³/mol. The third kappa shape index (κ3) is 4.66. The zero-order chi connectivity index (χ0) is 17.6. The molecule has 0 unspecified atom stereocenters. The molecule has 5 nitrogen and oxygen atoms in total. The third-order valence-corrected chi connectivity index (χ3v) is 5.52. The molecule has 2 heterocycles. The molecular formula is C20H30N2O3. The maximum absolute atomic E-state index is 12.3. The maximum Gasteiger partial charge on any atom is 0.222 e. The van der Waals surface area contributed by atoms with Crippen LogP contribution in [0.4, 0.5) is 0 Å². The average Bonchev–Trinajstić information content (AvgIpc) is 3.18. The van der Waals surface area contributed by atoms with Crippen LogP contribution < -0.4 is 9.47 Å². The first-order chi connectivity index (χ1) is 12.2. The number of hydrogen-bond donors (Lipinski definition) is 0. The molecule has 2 aliphatic rings. The minimum absolute atomic E-state index is 0.368. The fraction of sp³-hybridized carbons (Fsp3) is 0.650. The van der Waals surface area contributed by atoms with Gasteiger partial charge in [0.2, 0.25) is 5.91 Å². The van der Waals surface area contributed by atoms with E-state index in [0.29, 0.717) is 11.8 Å². The molecule has 0 aliphatic carbocycles. The minimum Gasteiger partial charge on any atom is -0.497 e. The van der Waals surface area contributed by atoms with Gasteiger partial charge in [0.05, 0.1) is 14.2 Å². The van der Waals surface area contributed by atoms with Gasteiger partial charge in [0.15, 0.2) is 0 Å². The van der Waals surface area contributed by atoms with Crippen molar-refractivity contribution < 1.29 is 14.3 Å². The van der Waals surface area contributed by atoms with Crippen molar-refractivity contribution in [3.8, 4) is 11.5 Å². The highest BCUT2D eigenvalue weighted by Crippen LogP contribution is 2.28. The van der Waals surface area contributed by atoms with Gasteiger partial charge in [-0.3, -0.25) is 9.69 Å². The lowest BCUT2D eigenvalue weighted by Gasteiger charge is -2.32. The summed E-state index contributed by atoms with van der Waals surface area (Å²) in [6, 6.07) is 6.01. The van der Waals surface area contributed by atoms with Crippen molar-refractivity contribution >= 4 is 5.91 Å². The number of piperidine rings is 1. The van der Waals surface area contributed by atoms with Gasteiger partial charge in [-0.05, 0) is 50.8 Å². The van der Waals surface area contributed by atoms with Gasteiger partial charge in [-0.15, -0.1) is 0 Å². The molecule has 3 rings (SSSR count). The number of likely N-dealkylation sites (tertiary alicyclic amines) is 2. The van der Waals surface area contributed by atoms with Crippen molar-refractivity contribution in [2.24, 2.45) is 5.92 Å². The van der Waals surface area contributed by atoms with E-state index < -0.39 is 0 Å². The summed E-state index contributed by atoms with van der Waals surface area (Å²) in [6.45, 7) is 4.92. The third-order valence-electron chi connectivity index (χ3n) is 5.52. The van der Waals surface area contributed by atoms with Gasteiger partial charge in [-0.2, -0.15) is 0 Å². The Balaban J connectivity index is 1.48. The van der Waals surface area contributed by atoms with Crippen LogP contribution in [0.25, 0.3) is 0 Å². The maximum atomic E-state index is 12.3. The van der Waals surface area contributed by atoms with Gasteiger partial charge in [0.25, 0.3) is 0 Å². The molecule has 138 valence electrons. The van der Waals surface area contributed by atoms with Crippen molar-refractivity contribution in [1.82, 2.24) is 9.80 Å². The topological polar surface area (TPSA) is 42.0 Å². The molecule has 0 saturated carbocycles. The summed E-state index contributed by atoms with van der Waals surface area (Å²) < 4.78 is 10.8. The highest BCUT2D eigenvalue weighted by molar-refractivity contribution is 5.76. The van der Waals surface area contributed by atoms with Crippen molar-refractivity contribution in [2.45, 2.75) is 38.6 Å². The highest BCUT2D eigenvalue weighted by atomic mass is 16.5. The Morgan fingerprint density at radius 2 is 1.80 bits per heavy atom. The largest absolute Gasteiger partial charge is 0.497 e. The molecule has 1 aromatic carbocycles. The molecule has 0 atom stereocenters. The predicted octanol–water partition coefficient (Wildman–Crippen LogP) is 2.93. The Hall–Kier alpha value is -1.75. The summed E-state index contributed by atoms with van der Waals surface area (Å²) >= 11 is 0. The van der Waals surface area contributed by atoms with Gasteiger partial charge in [-0.25, -0.2) is 0 Å². The SMILES string of the molecule is COc1ccc(CN2CCC(CC(=O)N3CCCC3)CC2)c(OC)c1. The number of benzene rings is 1. The first-order valence-electron chi connectivity index (χ1n) is 9.40. The molecule has 2 aliphatic heterocycles. The standard InChI is InChI=1S/C20H30N2O3/c1-24-18-6-5-17(19(14-18)25-2)15-21-11-7-16(8-12-21)13-20(23)22-9-3-4-10-22/h5-6,14,16H,3-4,7-13,15H2,1-2H3. The van der Waals surface area contributed by atoms with Gasteiger partial charge < -0.3 is 14.4 Å². The number of ether oxygens (including phenoxy) is 2. The van der Waals surface area contributed by atoms with E-state index in [0.717, 1.165) is 63.5 Å². The van der Waals surface area contributed by atoms with Crippen LogP contribution in [0.1, 0.15) is 37.7 Å². The number of rotatable bonds is 6. The van der Waals surface area contributed by atoms with E-state index in [1.807, 2.05) is 12.1 Å². The van der Waals surface area contributed by atoms with Crippen molar-refractivity contribution in [3.63, 3.8) is 0 Å². The zero-order valence-corrected chi connectivity index (χ0v) is 15.5. The van der Waals surface area contributed by atoms with Gasteiger partial charge in [0, 0.05) is 37.7 Å². The fourth-order valence-corrected chi connectivity index (χ4v) is 3.91. The molecule has 2 saturated heterocycles. The summed E-state index contributed by atoms with van der Waals surface area (Å²) in [5.74, 6) is 2.61. The fourth-order valence-electron chi connectivity index (χ4n) is 3.91. The summed E-state index contributed by atoms with van der Waals surface area (Å²) in [5.41, 5.74) is 1.19. The summed E-state index contributed by atoms with van der Waals surface area (Å²) in [5, 5.41) is 0. The van der Waals surface area contributed by atoms with E-state index in [9.17, 15) is 4.79 Å². The average molecular weight is 346 g/mol. The number of carbonyl (C=O) groups excluding carboxylic acids is 1. The smallest absolute Gasteiger partial charge is 0.222 e. The Kier molecular flexibility index (Phi) is 6.19. The van der Waals surface area contributed by atoms with E-state index in [1.165, 1.54) is 18.4 Å². The molecule has 2 fully saturated rings. The second kappa shape index (κ2) is 8.56. The van der Waals surface area contributed by atoms with E-state index in [2.05, 4.69) is 15.9 Å². The van der Waals surface area contributed by atoms with Crippen LogP contribution in [-0.4, -0.2) is 56.1 Å². The van der Waals surface area contributed by atoms with Crippen molar-refractivity contribution in [2.75, 3.05) is 40.4 Å². The van der Waals surface area contributed by atoms with Gasteiger partial charge in [-0.1, -0.05) is 6.07 Å².